The fourth-order valence-electron chi connectivity index (χ4n) is 6.37. The highest BCUT2D eigenvalue weighted by Crippen LogP contribution is 2.45. The van der Waals surface area contributed by atoms with Crippen LogP contribution in [0.25, 0.3) is 11.1 Å². The molecule has 0 aliphatic heterocycles. The Morgan fingerprint density at radius 3 is 1.62 bits per heavy atom. The molecule has 3 aromatic rings. The molecule has 0 N–H and O–H groups in total. The van der Waals surface area contributed by atoms with Gasteiger partial charge in [-0.05, 0) is 91.7 Å². The first-order valence-electron chi connectivity index (χ1n) is 14.0. The number of rotatable bonds is 6. The minimum atomic E-state index is -3.89. The average Bonchev–Trinajstić information content (AvgIpc) is 2.91. The van der Waals surface area contributed by atoms with Crippen LogP contribution in [0.3, 0.4) is 0 Å². The van der Waals surface area contributed by atoms with Crippen molar-refractivity contribution in [2.24, 2.45) is 11.8 Å². The van der Waals surface area contributed by atoms with Gasteiger partial charge in [-0.1, -0.05) is 19.8 Å². The van der Waals surface area contributed by atoms with Gasteiger partial charge in [0.15, 0.2) is 17.5 Å². The molecule has 3 aromatic carbocycles. The Kier molecular flexibility index (Phi) is 8.54. The van der Waals surface area contributed by atoms with E-state index in [1.54, 1.807) is 0 Å². The molecule has 0 unspecified atom stereocenters. The van der Waals surface area contributed by atoms with Gasteiger partial charge >= 0.3 is 6.11 Å². The molecule has 42 heavy (non-hydrogen) atoms. The van der Waals surface area contributed by atoms with E-state index in [9.17, 15) is 22.0 Å². The molecule has 0 bridgehead atoms. The third-order valence-corrected chi connectivity index (χ3v) is 8.74. The molecule has 10 heteroatoms. The summed E-state index contributed by atoms with van der Waals surface area (Å²) < 4.78 is 135. The highest BCUT2D eigenvalue weighted by molar-refractivity contribution is 5.66. The summed E-state index contributed by atoms with van der Waals surface area (Å²) in [6.07, 6.45) is -0.991. The lowest BCUT2D eigenvalue weighted by atomic mass is 9.77. The van der Waals surface area contributed by atoms with E-state index in [-0.39, 0.29) is 42.7 Å². The predicted octanol–water partition coefficient (Wildman–Crippen LogP) is 10.6. The second-order valence-corrected chi connectivity index (χ2v) is 11.6. The van der Waals surface area contributed by atoms with E-state index in [0.29, 0.717) is 23.6 Å². The SMILES string of the molecule is CC1CCC(c2cc(F)c(-c3cc(F)c(C4CCC(C(F)(F)Oc5cc(F)c(F)c(F)c5)CC4)c(F)c3)c(F)c2)CC1. The summed E-state index contributed by atoms with van der Waals surface area (Å²) in [6, 6.07) is 4.76. The molecule has 0 saturated heterocycles. The highest BCUT2D eigenvalue weighted by atomic mass is 19.3. The number of hydrogen-bond donors (Lipinski definition) is 0. The first-order valence-corrected chi connectivity index (χ1v) is 14.0. The van der Waals surface area contributed by atoms with Crippen molar-refractivity contribution >= 4 is 0 Å². The summed E-state index contributed by atoms with van der Waals surface area (Å²) in [5, 5.41) is 0. The van der Waals surface area contributed by atoms with E-state index >= 15 is 17.6 Å². The van der Waals surface area contributed by atoms with Crippen LogP contribution in [0.1, 0.15) is 81.3 Å². The van der Waals surface area contributed by atoms with Crippen molar-refractivity contribution in [3.05, 3.63) is 88.2 Å². The molecule has 0 aromatic heterocycles. The maximum Gasteiger partial charge on any atom is 0.400 e. The van der Waals surface area contributed by atoms with Gasteiger partial charge in [-0.25, -0.2) is 30.7 Å². The monoisotopic (exact) mass is 600 g/mol. The molecule has 2 aliphatic rings. The maximum atomic E-state index is 15.2. The Balaban J connectivity index is 1.30. The van der Waals surface area contributed by atoms with E-state index < -0.39 is 70.0 Å². The lowest BCUT2D eigenvalue weighted by Gasteiger charge is -2.33. The summed E-state index contributed by atoms with van der Waals surface area (Å²) in [6.45, 7) is 2.13. The Morgan fingerprint density at radius 1 is 0.595 bits per heavy atom. The predicted molar refractivity (Wildman–Crippen MR) is 139 cm³/mol. The van der Waals surface area contributed by atoms with Gasteiger partial charge in [-0.15, -0.1) is 0 Å². The fourth-order valence-corrected chi connectivity index (χ4v) is 6.37. The third-order valence-electron chi connectivity index (χ3n) is 8.74. The van der Waals surface area contributed by atoms with Gasteiger partial charge in [0, 0.05) is 17.7 Å². The highest BCUT2D eigenvalue weighted by Gasteiger charge is 2.45. The number of halogens is 9. The number of benzene rings is 3. The van der Waals surface area contributed by atoms with E-state index in [2.05, 4.69) is 11.7 Å². The second kappa shape index (κ2) is 11.8. The summed E-state index contributed by atoms with van der Waals surface area (Å²) >= 11 is 0. The first kappa shape index (κ1) is 30.3. The average molecular weight is 601 g/mol. The standard InChI is InChI=1S/C32H29F9O/c1-16-2-4-17(5-3-16)19-10-23(33)30(24(34)11-19)20-12-25(35)29(26(36)13-20)18-6-8-21(9-7-18)32(40,41)42-22-14-27(37)31(39)28(38)15-22/h10-18,21H,2-9H2,1H3. The van der Waals surface area contributed by atoms with Crippen LogP contribution in [0.15, 0.2) is 36.4 Å². The summed E-state index contributed by atoms with van der Waals surface area (Å²) in [4.78, 5) is 0. The van der Waals surface area contributed by atoms with Crippen molar-refractivity contribution in [2.75, 3.05) is 0 Å². The van der Waals surface area contributed by atoms with Crippen LogP contribution in [-0.4, -0.2) is 6.11 Å². The molecule has 2 aliphatic carbocycles. The van der Waals surface area contributed by atoms with E-state index in [1.807, 2.05) is 0 Å². The quantitative estimate of drug-likeness (QED) is 0.202. The van der Waals surface area contributed by atoms with Crippen molar-refractivity contribution in [2.45, 2.75) is 76.2 Å². The lowest BCUT2D eigenvalue weighted by Crippen LogP contribution is -2.37. The van der Waals surface area contributed by atoms with Gasteiger partial charge in [0.1, 0.15) is 29.0 Å². The van der Waals surface area contributed by atoms with Crippen LogP contribution in [-0.2, 0) is 0 Å². The molecule has 2 fully saturated rings. The van der Waals surface area contributed by atoms with Crippen LogP contribution in [0.4, 0.5) is 39.5 Å². The molecule has 0 heterocycles. The van der Waals surface area contributed by atoms with Crippen LogP contribution < -0.4 is 4.74 Å². The van der Waals surface area contributed by atoms with E-state index in [0.717, 1.165) is 37.8 Å². The molecule has 0 atom stereocenters. The molecule has 1 nitrogen and oxygen atoms in total. The number of hydrogen-bond acceptors (Lipinski definition) is 1. The van der Waals surface area contributed by atoms with Gasteiger partial charge in [0.05, 0.1) is 11.5 Å². The van der Waals surface area contributed by atoms with Gasteiger partial charge in [0.25, 0.3) is 0 Å². The number of ether oxygens (including phenoxy) is 1. The molecular weight excluding hydrogens is 571 g/mol. The van der Waals surface area contributed by atoms with Crippen molar-refractivity contribution in [3.63, 3.8) is 0 Å². The molecule has 2 saturated carbocycles. The third kappa shape index (κ3) is 6.13. The van der Waals surface area contributed by atoms with Crippen LogP contribution in [0.2, 0.25) is 0 Å². The zero-order valence-electron chi connectivity index (χ0n) is 22.7. The molecule has 5 rings (SSSR count). The minimum Gasteiger partial charge on any atom is -0.432 e. The molecule has 0 radical (unpaired) electrons. The first-order chi connectivity index (χ1) is 19.8. The van der Waals surface area contributed by atoms with Gasteiger partial charge < -0.3 is 4.74 Å². The zero-order valence-corrected chi connectivity index (χ0v) is 22.7. The van der Waals surface area contributed by atoms with E-state index in [1.165, 1.54) is 12.1 Å². The van der Waals surface area contributed by atoms with Crippen molar-refractivity contribution in [1.29, 1.82) is 0 Å². The minimum absolute atomic E-state index is 0.0148. The Labute approximate surface area is 237 Å². The molecule has 0 spiro atoms. The molecular formula is C32H29F9O. The smallest absolute Gasteiger partial charge is 0.400 e. The van der Waals surface area contributed by atoms with Crippen LogP contribution in [0.5, 0.6) is 5.75 Å². The largest absolute Gasteiger partial charge is 0.432 e. The van der Waals surface area contributed by atoms with Crippen molar-refractivity contribution in [1.82, 2.24) is 0 Å². The zero-order chi connectivity index (χ0) is 30.3. The Bertz CT molecular complexity index is 1390. The van der Waals surface area contributed by atoms with Gasteiger partial charge in [-0.2, -0.15) is 8.78 Å². The summed E-state index contributed by atoms with van der Waals surface area (Å²) in [5.41, 5.74) is -0.690. The van der Waals surface area contributed by atoms with Crippen molar-refractivity contribution < 1.29 is 44.3 Å². The van der Waals surface area contributed by atoms with Gasteiger partial charge in [-0.3, -0.25) is 0 Å². The maximum absolute atomic E-state index is 15.2. The number of alkyl halides is 2. The Morgan fingerprint density at radius 2 is 1.10 bits per heavy atom. The Hall–Kier alpha value is -3.17. The summed E-state index contributed by atoms with van der Waals surface area (Å²) in [5.74, 6) is -11.7. The molecule has 226 valence electrons. The topological polar surface area (TPSA) is 9.23 Å². The normalized spacial score (nSPS) is 23.2. The van der Waals surface area contributed by atoms with Crippen LogP contribution >= 0.6 is 0 Å². The van der Waals surface area contributed by atoms with Gasteiger partial charge in [0.2, 0.25) is 0 Å². The second-order valence-electron chi connectivity index (χ2n) is 11.6. The summed E-state index contributed by atoms with van der Waals surface area (Å²) in [7, 11) is 0. The lowest BCUT2D eigenvalue weighted by molar-refractivity contribution is -0.222. The fraction of sp³-hybridized carbons (Fsp3) is 0.438. The van der Waals surface area contributed by atoms with E-state index in [4.69, 9.17) is 0 Å². The van der Waals surface area contributed by atoms with Crippen molar-refractivity contribution in [3.8, 4) is 16.9 Å². The molecule has 0 amide bonds. The van der Waals surface area contributed by atoms with Crippen LogP contribution in [0, 0.1) is 52.6 Å².